The molecule has 0 aromatic carbocycles. The molecule has 0 fully saturated rings. The van der Waals surface area contributed by atoms with Crippen molar-refractivity contribution in [3.63, 3.8) is 0 Å². The number of halogens is 1. The van der Waals surface area contributed by atoms with Crippen molar-refractivity contribution in [3.05, 3.63) is 35.1 Å². The van der Waals surface area contributed by atoms with Gasteiger partial charge in [0.1, 0.15) is 5.52 Å². The van der Waals surface area contributed by atoms with Crippen molar-refractivity contribution < 1.29 is 9.53 Å². The fourth-order valence-electron chi connectivity index (χ4n) is 1.23. The van der Waals surface area contributed by atoms with E-state index in [1.807, 2.05) is 0 Å². The minimum absolute atomic E-state index is 0.183. The molecule has 0 amide bonds. The molecule has 0 saturated carbocycles. The standard InChI is InChI=1S/C10H7ClN2O2/c1-15-10(14)8-5-6(11)9-7(13-8)3-2-4-12-9/h2-5H,1H3. The zero-order valence-electron chi connectivity index (χ0n) is 7.90. The lowest BCUT2D eigenvalue weighted by molar-refractivity contribution is 0.0594. The number of fused-ring (bicyclic) bond motifs is 1. The van der Waals surface area contributed by atoms with Crippen LogP contribution in [0.15, 0.2) is 24.4 Å². The number of nitrogens with zero attached hydrogens (tertiary/aromatic N) is 2. The van der Waals surface area contributed by atoms with Crippen LogP contribution in [0, 0.1) is 0 Å². The van der Waals surface area contributed by atoms with Crippen LogP contribution in [0.25, 0.3) is 11.0 Å². The molecule has 2 aromatic rings. The monoisotopic (exact) mass is 222 g/mol. The van der Waals surface area contributed by atoms with Gasteiger partial charge in [0, 0.05) is 6.20 Å². The number of rotatable bonds is 1. The molecule has 0 aliphatic carbocycles. The fourth-order valence-corrected chi connectivity index (χ4v) is 1.48. The molecule has 2 heterocycles. The Kier molecular flexibility index (Phi) is 2.51. The molecule has 4 nitrogen and oxygen atoms in total. The predicted molar refractivity (Wildman–Crippen MR) is 55.9 cm³/mol. The summed E-state index contributed by atoms with van der Waals surface area (Å²) >= 11 is 5.95. The Balaban J connectivity index is 2.67. The summed E-state index contributed by atoms with van der Waals surface area (Å²) in [4.78, 5) is 19.4. The number of hydrogen-bond donors (Lipinski definition) is 0. The number of methoxy groups -OCH3 is 1. The summed E-state index contributed by atoms with van der Waals surface area (Å²) < 4.78 is 4.56. The number of ether oxygens (including phenoxy) is 1. The molecule has 0 radical (unpaired) electrons. The number of carbonyl (C=O) groups is 1. The topological polar surface area (TPSA) is 52.1 Å². The summed E-state index contributed by atoms with van der Waals surface area (Å²) in [5, 5.41) is 0.390. The van der Waals surface area contributed by atoms with E-state index in [2.05, 4.69) is 14.7 Å². The van der Waals surface area contributed by atoms with Gasteiger partial charge in [0.05, 0.1) is 17.6 Å². The van der Waals surface area contributed by atoms with E-state index in [1.54, 1.807) is 18.3 Å². The maximum atomic E-state index is 11.2. The van der Waals surface area contributed by atoms with E-state index in [4.69, 9.17) is 11.6 Å². The van der Waals surface area contributed by atoms with E-state index in [9.17, 15) is 4.79 Å². The van der Waals surface area contributed by atoms with Crippen molar-refractivity contribution >= 4 is 28.6 Å². The Bertz CT molecular complexity index is 528. The molecule has 15 heavy (non-hydrogen) atoms. The van der Waals surface area contributed by atoms with Crippen LogP contribution < -0.4 is 0 Å². The van der Waals surface area contributed by atoms with E-state index in [-0.39, 0.29) is 5.69 Å². The highest BCUT2D eigenvalue weighted by Crippen LogP contribution is 2.20. The molecule has 0 N–H and O–H groups in total. The predicted octanol–water partition coefficient (Wildman–Crippen LogP) is 2.07. The number of pyridine rings is 2. The highest BCUT2D eigenvalue weighted by Gasteiger charge is 2.11. The molecular formula is C10H7ClN2O2. The second kappa shape index (κ2) is 3.82. The number of esters is 1. The summed E-state index contributed by atoms with van der Waals surface area (Å²) in [7, 11) is 1.30. The summed E-state index contributed by atoms with van der Waals surface area (Å²) in [6.45, 7) is 0. The first kappa shape index (κ1) is 9.86. The van der Waals surface area contributed by atoms with E-state index >= 15 is 0 Å². The third kappa shape index (κ3) is 1.76. The lowest BCUT2D eigenvalue weighted by Gasteiger charge is -2.02. The highest BCUT2D eigenvalue weighted by atomic mass is 35.5. The van der Waals surface area contributed by atoms with Crippen LogP contribution in [0.2, 0.25) is 5.02 Å². The van der Waals surface area contributed by atoms with Crippen molar-refractivity contribution in [1.29, 1.82) is 0 Å². The van der Waals surface area contributed by atoms with Gasteiger partial charge in [-0.3, -0.25) is 4.98 Å². The quantitative estimate of drug-likeness (QED) is 0.693. The average molecular weight is 223 g/mol. The Labute approximate surface area is 90.9 Å². The Morgan fingerprint density at radius 2 is 2.33 bits per heavy atom. The Morgan fingerprint density at radius 1 is 1.53 bits per heavy atom. The minimum Gasteiger partial charge on any atom is -0.464 e. The Morgan fingerprint density at radius 3 is 3.07 bits per heavy atom. The highest BCUT2D eigenvalue weighted by molar-refractivity contribution is 6.35. The zero-order valence-corrected chi connectivity index (χ0v) is 8.65. The van der Waals surface area contributed by atoms with Gasteiger partial charge >= 0.3 is 5.97 Å². The van der Waals surface area contributed by atoms with Crippen molar-refractivity contribution in [2.75, 3.05) is 7.11 Å². The van der Waals surface area contributed by atoms with Gasteiger partial charge in [0.15, 0.2) is 5.69 Å². The van der Waals surface area contributed by atoms with Gasteiger partial charge in [-0.05, 0) is 18.2 Å². The molecule has 0 spiro atoms. The average Bonchev–Trinajstić information content (AvgIpc) is 2.28. The van der Waals surface area contributed by atoms with Gasteiger partial charge in [0.2, 0.25) is 0 Å². The Hall–Kier alpha value is -1.68. The van der Waals surface area contributed by atoms with Crippen molar-refractivity contribution in [2.24, 2.45) is 0 Å². The smallest absolute Gasteiger partial charge is 0.356 e. The molecule has 0 atom stereocenters. The first-order valence-corrected chi connectivity index (χ1v) is 4.60. The van der Waals surface area contributed by atoms with E-state index in [0.29, 0.717) is 16.1 Å². The van der Waals surface area contributed by atoms with Gasteiger partial charge in [-0.15, -0.1) is 0 Å². The molecule has 0 aliphatic heterocycles. The van der Waals surface area contributed by atoms with Crippen LogP contribution in [0.5, 0.6) is 0 Å². The molecule has 0 unspecified atom stereocenters. The third-order valence-corrected chi connectivity index (χ3v) is 2.20. The molecular weight excluding hydrogens is 216 g/mol. The van der Waals surface area contributed by atoms with Gasteiger partial charge in [-0.25, -0.2) is 9.78 Å². The van der Waals surface area contributed by atoms with Gasteiger partial charge < -0.3 is 4.74 Å². The number of carbonyl (C=O) groups excluding carboxylic acids is 1. The number of aromatic nitrogens is 2. The SMILES string of the molecule is COC(=O)c1cc(Cl)c2ncccc2n1. The summed E-state index contributed by atoms with van der Waals surface area (Å²) in [6.07, 6.45) is 1.62. The van der Waals surface area contributed by atoms with Gasteiger partial charge in [-0.1, -0.05) is 11.6 Å². The van der Waals surface area contributed by atoms with Crippen molar-refractivity contribution in [1.82, 2.24) is 9.97 Å². The first-order chi connectivity index (χ1) is 7.22. The van der Waals surface area contributed by atoms with Crippen molar-refractivity contribution in [2.45, 2.75) is 0 Å². The van der Waals surface area contributed by atoms with E-state index in [1.165, 1.54) is 13.2 Å². The summed E-state index contributed by atoms with van der Waals surface area (Å²) in [5.41, 5.74) is 1.33. The van der Waals surface area contributed by atoms with Crippen LogP contribution in [-0.4, -0.2) is 23.0 Å². The summed E-state index contributed by atoms with van der Waals surface area (Å²) in [5.74, 6) is -0.511. The molecule has 76 valence electrons. The summed E-state index contributed by atoms with van der Waals surface area (Å²) in [6, 6.07) is 4.91. The molecule has 0 saturated heterocycles. The second-order valence-corrected chi connectivity index (χ2v) is 3.26. The molecule has 2 aromatic heterocycles. The van der Waals surface area contributed by atoms with E-state index < -0.39 is 5.97 Å². The zero-order chi connectivity index (χ0) is 10.8. The van der Waals surface area contributed by atoms with Crippen LogP contribution in [-0.2, 0) is 4.74 Å². The molecule has 0 aliphatic rings. The van der Waals surface area contributed by atoms with Crippen molar-refractivity contribution in [3.8, 4) is 0 Å². The largest absolute Gasteiger partial charge is 0.464 e. The maximum absolute atomic E-state index is 11.2. The van der Waals surface area contributed by atoms with Crippen LogP contribution in [0.4, 0.5) is 0 Å². The van der Waals surface area contributed by atoms with Crippen LogP contribution in [0.3, 0.4) is 0 Å². The van der Waals surface area contributed by atoms with Gasteiger partial charge in [0.25, 0.3) is 0 Å². The lowest BCUT2D eigenvalue weighted by Crippen LogP contribution is -2.04. The van der Waals surface area contributed by atoms with E-state index in [0.717, 1.165) is 0 Å². The minimum atomic E-state index is -0.511. The fraction of sp³-hybridized carbons (Fsp3) is 0.100. The van der Waals surface area contributed by atoms with Gasteiger partial charge in [-0.2, -0.15) is 0 Å². The van der Waals surface area contributed by atoms with Crippen LogP contribution >= 0.6 is 11.6 Å². The second-order valence-electron chi connectivity index (χ2n) is 2.85. The lowest BCUT2D eigenvalue weighted by atomic mass is 10.3. The third-order valence-electron chi connectivity index (χ3n) is 1.91. The normalized spacial score (nSPS) is 10.3. The molecule has 2 rings (SSSR count). The maximum Gasteiger partial charge on any atom is 0.356 e. The van der Waals surface area contributed by atoms with Crippen LogP contribution in [0.1, 0.15) is 10.5 Å². The number of hydrogen-bond acceptors (Lipinski definition) is 4. The molecule has 0 bridgehead atoms. The first-order valence-electron chi connectivity index (χ1n) is 4.22. The molecule has 5 heteroatoms.